The smallest absolute Gasteiger partial charge is 0.0953 e. The third-order valence-electron chi connectivity index (χ3n) is 2.90. The van der Waals surface area contributed by atoms with Crippen molar-refractivity contribution >= 4 is 11.6 Å². The molecule has 90 valence electrons. The van der Waals surface area contributed by atoms with Gasteiger partial charge in [-0.2, -0.15) is 0 Å². The summed E-state index contributed by atoms with van der Waals surface area (Å²) < 4.78 is 0. The molecule has 0 aliphatic heterocycles. The number of rotatable bonds is 2. The third kappa shape index (κ3) is 2.99. The van der Waals surface area contributed by atoms with Crippen molar-refractivity contribution in [3.05, 3.63) is 34.9 Å². The standard InChI is InChI=1S/C14H21ClO/c1-9-6-7-11(14(3,4)5)8-12(9)13(16)10(2)15/h6-8,10,13,16H,1-5H3. The van der Waals surface area contributed by atoms with Gasteiger partial charge in [0.25, 0.3) is 0 Å². The number of hydrogen-bond acceptors (Lipinski definition) is 1. The van der Waals surface area contributed by atoms with Crippen LogP contribution in [0.5, 0.6) is 0 Å². The Morgan fingerprint density at radius 2 is 1.81 bits per heavy atom. The van der Waals surface area contributed by atoms with Gasteiger partial charge < -0.3 is 5.11 Å². The van der Waals surface area contributed by atoms with Crippen molar-refractivity contribution in [1.29, 1.82) is 0 Å². The van der Waals surface area contributed by atoms with Crippen LogP contribution in [-0.4, -0.2) is 10.5 Å². The molecule has 0 heterocycles. The molecule has 0 radical (unpaired) electrons. The van der Waals surface area contributed by atoms with E-state index in [0.717, 1.165) is 11.1 Å². The molecule has 0 spiro atoms. The zero-order valence-electron chi connectivity index (χ0n) is 10.7. The van der Waals surface area contributed by atoms with E-state index in [-0.39, 0.29) is 10.8 Å². The molecule has 1 aromatic rings. The summed E-state index contributed by atoms with van der Waals surface area (Å²) in [4.78, 5) is 0. The van der Waals surface area contributed by atoms with E-state index in [4.69, 9.17) is 11.6 Å². The Morgan fingerprint density at radius 3 is 2.25 bits per heavy atom. The first-order valence-electron chi connectivity index (χ1n) is 5.66. The van der Waals surface area contributed by atoms with E-state index in [1.165, 1.54) is 5.56 Å². The average molecular weight is 241 g/mol. The summed E-state index contributed by atoms with van der Waals surface area (Å²) in [6.45, 7) is 10.3. The second-order valence-corrected chi connectivity index (χ2v) is 6.13. The number of halogens is 1. The van der Waals surface area contributed by atoms with Gasteiger partial charge in [0.1, 0.15) is 0 Å². The highest BCUT2D eigenvalue weighted by molar-refractivity contribution is 6.20. The first kappa shape index (κ1) is 13.5. The fourth-order valence-corrected chi connectivity index (χ4v) is 1.81. The van der Waals surface area contributed by atoms with Gasteiger partial charge in [-0.1, -0.05) is 39.0 Å². The van der Waals surface area contributed by atoms with Crippen molar-refractivity contribution in [2.75, 3.05) is 0 Å². The highest BCUT2D eigenvalue weighted by atomic mass is 35.5. The average Bonchev–Trinajstić information content (AvgIpc) is 2.15. The van der Waals surface area contributed by atoms with Crippen LogP contribution in [0.1, 0.15) is 50.5 Å². The topological polar surface area (TPSA) is 20.2 Å². The fourth-order valence-electron chi connectivity index (χ4n) is 1.67. The van der Waals surface area contributed by atoms with Crippen LogP contribution >= 0.6 is 11.6 Å². The zero-order chi connectivity index (χ0) is 12.5. The molecule has 2 atom stereocenters. The highest BCUT2D eigenvalue weighted by Crippen LogP contribution is 2.29. The van der Waals surface area contributed by atoms with E-state index in [1.54, 1.807) is 0 Å². The predicted molar refractivity (Wildman–Crippen MR) is 70.2 cm³/mol. The Kier molecular flexibility index (Phi) is 4.03. The largest absolute Gasteiger partial charge is 0.387 e. The second kappa shape index (κ2) is 4.77. The van der Waals surface area contributed by atoms with Gasteiger partial charge in [-0.25, -0.2) is 0 Å². The van der Waals surface area contributed by atoms with E-state index in [9.17, 15) is 5.11 Å². The van der Waals surface area contributed by atoms with Gasteiger partial charge >= 0.3 is 0 Å². The fraction of sp³-hybridized carbons (Fsp3) is 0.571. The summed E-state index contributed by atoms with van der Waals surface area (Å²) in [5.41, 5.74) is 3.35. The molecule has 0 bridgehead atoms. The van der Waals surface area contributed by atoms with Crippen molar-refractivity contribution < 1.29 is 5.11 Å². The molecule has 0 aromatic heterocycles. The quantitative estimate of drug-likeness (QED) is 0.776. The van der Waals surface area contributed by atoms with Crippen LogP contribution in [0.15, 0.2) is 18.2 Å². The maximum Gasteiger partial charge on any atom is 0.0953 e. The number of alkyl halides is 1. The summed E-state index contributed by atoms with van der Waals surface area (Å²) in [5.74, 6) is 0. The minimum absolute atomic E-state index is 0.0950. The van der Waals surface area contributed by atoms with Crippen molar-refractivity contribution in [3.63, 3.8) is 0 Å². The SMILES string of the molecule is Cc1ccc(C(C)(C)C)cc1C(O)C(C)Cl. The maximum absolute atomic E-state index is 10.0. The molecule has 16 heavy (non-hydrogen) atoms. The summed E-state index contributed by atoms with van der Waals surface area (Å²) in [7, 11) is 0. The van der Waals surface area contributed by atoms with E-state index in [1.807, 2.05) is 13.8 Å². The molecule has 1 N–H and O–H groups in total. The first-order valence-corrected chi connectivity index (χ1v) is 6.10. The van der Waals surface area contributed by atoms with Crippen LogP contribution in [0.25, 0.3) is 0 Å². The Balaban J connectivity index is 3.19. The molecule has 0 saturated heterocycles. The lowest BCUT2D eigenvalue weighted by atomic mass is 9.84. The van der Waals surface area contributed by atoms with Crippen molar-refractivity contribution in [3.8, 4) is 0 Å². The third-order valence-corrected chi connectivity index (χ3v) is 3.14. The van der Waals surface area contributed by atoms with E-state index >= 15 is 0 Å². The van der Waals surface area contributed by atoms with Crippen LogP contribution in [0.4, 0.5) is 0 Å². The van der Waals surface area contributed by atoms with Crippen molar-refractivity contribution in [1.82, 2.24) is 0 Å². The second-order valence-electron chi connectivity index (χ2n) is 5.44. The summed E-state index contributed by atoms with van der Waals surface area (Å²) in [5, 5.41) is 9.77. The molecule has 0 saturated carbocycles. The molecule has 2 unspecified atom stereocenters. The lowest BCUT2D eigenvalue weighted by Gasteiger charge is -2.23. The molecule has 1 aromatic carbocycles. The minimum atomic E-state index is -0.594. The number of aliphatic hydroxyl groups excluding tert-OH is 1. The van der Waals surface area contributed by atoms with Crippen LogP contribution < -0.4 is 0 Å². The van der Waals surface area contributed by atoms with Gasteiger partial charge in [-0.15, -0.1) is 11.6 Å². The molecule has 0 fully saturated rings. The van der Waals surface area contributed by atoms with Gasteiger partial charge in [0.15, 0.2) is 0 Å². The predicted octanol–water partition coefficient (Wildman–Crippen LogP) is 3.95. The van der Waals surface area contributed by atoms with Crippen molar-refractivity contribution in [2.45, 2.75) is 51.5 Å². The monoisotopic (exact) mass is 240 g/mol. The minimum Gasteiger partial charge on any atom is -0.387 e. The van der Waals surface area contributed by atoms with Gasteiger partial charge in [-0.05, 0) is 36.0 Å². The number of benzene rings is 1. The van der Waals surface area contributed by atoms with E-state index in [0.29, 0.717) is 0 Å². The molecular weight excluding hydrogens is 220 g/mol. The Labute approximate surface area is 103 Å². The Morgan fingerprint density at radius 1 is 1.25 bits per heavy atom. The normalized spacial score (nSPS) is 15.9. The number of hydrogen-bond donors (Lipinski definition) is 1. The Bertz CT molecular complexity index is 363. The van der Waals surface area contributed by atoms with E-state index in [2.05, 4.69) is 39.0 Å². The van der Waals surface area contributed by atoms with Gasteiger partial charge in [0, 0.05) is 0 Å². The molecule has 2 heteroatoms. The molecule has 0 aliphatic rings. The number of aryl methyl sites for hydroxylation is 1. The summed E-state index contributed by atoms with van der Waals surface area (Å²) >= 11 is 5.95. The molecule has 1 nitrogen and oxygen atoms in total. The zero-order valence-corrected chi connectivity index (χ0v) is 11.5. The summed E-state index contributed by atoms with van der Waals surface area (Å²) in [6.07, 6.45) is -0.594. The molecular formula is C14H21ClO. The number of aliphatic hydroxyl groups is 1. The van der Waals surface area contributed by atoms with Crippen LogP contribution in [-0.2, 0) is 5.41 Å². The van der Waals surface area contributed by atoms with E-state index < -0.39 is 6.10 Å². The Hall–Kier alpha value is -0.530. The lowest BCUT2D eigenvalue weighted by Crippen LogP contribution is -2.15. The molecule has 0 aliphatic carbocycles. The first-order chi connectivity index (χ1) is 7.23. The van der Waals surface area contributed by atoms with Gasteiger partial charge in [0.2, 0.25) is 0 Å². The lowest BCUT2D eigenvalue weighted by molar-refractivity contribution is 0.176. The summed E-state index contributed by atoms with van der Waals surface area (Å²) in [6, 6.07) is 6.24. The highest BCUT2D eigenvalue weighted by Gasteiger charge is 2.20. The molecule has 1 rings (SSSR count). The maximum atomic E-state index is 10.0. The van der Waals surface area contributed by atoms with Gasteiger partial charge in [0.05, 0.1) is 11.5 Å². The van der Waals surface area contributed by atoms with Gasteiger partial charge in [-0.3, -0.25) is 0 Å². The van der Waals surface area contributed by atoms with Crippen LogP contribution in [0.2, 0.25) is 0 Å². The van der Waals surface area contributed by atoms with Crippen molar-refractivity contribution in [2.24, 2.45) is 0 Å². The molecule has 0 amide bonds. The van der Waals surface area contributed by atoms with Crippen LogP contribution in [0.3, 0.4) is 0 Å². The van der Waals surface area contributed by atoms with Crippen LogP contribution in [0, 0.1) is 6.92 Å².